The highest BCUT2D eigenvalue weighted by atomic mass is 16.3. The number of benzene rings is 1. The van der Waals surface area contributed by atoms with E-state index in [1.807, 2.05) is 18.2 Å². The van der Waals surface area contributed by atoms with Crippen molar-refractivity contribution in [1.82, 2.24) is 0 Å². The third-order valence-corrected chi connectivity index (χ3v) is 2.17. The minimum atomic E-state index is -1.15. The highest BCUT2D eigenvalue weighted by Crippen LogP contribution is 2.03. The molecular formula is C12H14O3. The maximum absolute atomic E-state index is 11.4. The SMILES string of the molecule is CCC(O)C(=O)C(=O)Cc1ccccc1. The van der Waals surface area contributed by atoms with Gasteiger partial charge in [-0.2, -0.15) is 0 Å². The summed E-state index contributed by atoms with van der Waals surface area (Å²) in [6, 6.07) is 9.02. The molecule has 15 heavy (non-hydrogen) atoms. The van der Waals surface area contributed by atoms with Crippen LogP contribution in [0, 0.1) is 0 Å². The lowest BCUT2D eigenvalue weighted by molar-refractivity contribution is -0.141. The minimum absolute atomic E-state index is 0.0662. The molecule has 0 amide bonds. The van der Waals surface area contributed by atoms with Gasteiger partial charge in [0.15, 0.2) is 0 Å². The molecule has 1 atom stereocenters. The topological polar surface area (TPSA) is 54.4 Å². The van der Waals surface area contributed by atoms with Crippen molar-refractivity contribution in [1.29, 1.82) is 0 Å². The zero-order chi connectivity index (χ0) is 11.3. The van der Waals surface area contributed by atoms with E-state index in [1.165, 1.54) is 0 Å². The molecule has 80 valence electrons. The lowest BCUT2D eigenvalue weighted by Crippen LogP contribution is -2.28. The molecule has 0 fully saturated rings. The fourth-order valence-corrected chi connectivity index (χ4v) is 1.24. The number of hydrogen-bond donors (Lipinski definition) is 1. The molecule has 0 heterocycles. The zero-order valence-electron chi connectivity index (χ0n) is 8.64. The summed E-state index contributed by atoms with van der Waals surface area (Å²) in [5, 5.41) is 9.20. The van der Waals surface area contributed by atoms with Crippen LogP contribution in [0.1, 0.15) is 18.9 Å². The average Bonchev–Trinajstić information content (AvgIpc) is 2.28. The Morgan fingerprint density at radius 2 is 1.87 bits per heavy atom. The number of ketones is 2. The van der Waals surface area contributed by atoms with Crippen LogP contribution in [0.3, 0.4) is 0 Å². The van der Waals surface area contributed by atoms with E-state index in [1.54, 1.807) is 19.1 Å². The van der Waals surface area contributed by atoms with Gasteiger partial charge in [0.2, 0.25) is 11.6 Å². The van der Waals surface area contributed by atoms with Crippen LogP contribution in [-0.4, -0.2) is 22.8 Å². The number of Topliss-reactive ketones (excluding diaryl/α,β-unsaturated/α-hetero) is 2. The molecule has 3 heteroatoms. The second-order valence-corrected chi connectivity index (χ2v) is 3.37. The standard InChI is InChI=1S/C12H14O3/c1-2-10(13)12(15)11(14)8-9-6-4-3-5-7-9/h3-7,10,13H,2,8H2,1H3. The lowest BCUT2D eigenvalue weighted by Gasteiger charge is -2.05. The Hall–Kier alpha value is -1.48. The molecule has 0 saturated carbocycles. The second kappa shape index (κ2) is 5.41. The summed E-state index contributed by atoms with van der Waals surface area (Å²) >= 11 is 0. The van der Waals surface area contributed by atoms with Crippen LogP contribution in [0.2, 0.25) is 0 Å². The monoisotopic (exact) mass is 206 g/mol. The quantitative estimate of drug-likeness (QED) is 0.735. The van der Waals surface area contributed by atoms with Gasteiger partial charge in [-0.1, -0.05) is 37.3 Å². The van der Waals surface area contributed by atoms with Crippen molar-refractivity contribution in [2.75, 3.05) is 0 Å². The van der Waals surface area contributed by atoms with Crippen molar-refractivity contribution in [2.24, 2.45) is 0 Å². The van der Waals surface area contributed by atoms with E-state index in [0.29, 0.717) is 0 Å². The van der Waals surface area contributed by atoms with E-state index in [0.717, 1.165) is 5.56 Å². The van der Waals surface area contributed by atoms with E-state index < -0.39 is 17.7 Å². The van der Waals surface area contributed by atoms with E-state index in [2.05, 4.69) is 0 Å². The molecule has 1 aromatic rings. The van der Waals surface area contributed by atoms with Crippen molar-refractivity contribution < 1.29 is 14.7 Å². The first-order valence-electron chi connectivity index (χ1n) is 4.94. The molecule has 1 rings (SSSR count). The zero-order valence-corrected chi connectivity index (χ0v) is 8.64. The van der Waals surface area contributed by atoms with Gasteiger partial charge in [0.1, 0.15) is 6.10 Å². The van der Waals surface area contributed by atoms with Gasteiger partial charge in [0.25, 0.3) is 0 Å². The summed E-state index contributed by atoms with van der Waals surface area (Å²) in [4.78, 5) is 22.7. The Labute approximate surface area is 88.7 Å². The first kappa shape index (κ1) is 11.6. The number of hydrogen-bond acceptors (Lipinski definition) is 3. The van der Waals surface area contributed by atoms with Crippen molar-refractivity contribution in [3.63, 3.8) is 0 Å². The first-order chi connectivity index (χ1) is 7.15. The number of aliphatic hydroxyl groups is 1. The largest absolute Gasteiger partial charge is 0.385 e. The summed E-state index contributed by atoms with van der Waals surface area (Å²) in [6.45, 7) is 1.67. The van der Waals surface area contributed by atoms with E-state index in [9.17, 15) is 14.7 Å². The van der Waals surface area contributed by atoms with Crippen molar-refractivity contribution in [2.45, 2.75) is 25.9 Å². The van der Waals surface area contributed by atoms with Gasteiger partial charge < -0.3 is 5.11 Å². The molecule has 1 unspecified atom stereocenters. The molecule has 0 aliphatic heterocycles. The third-order valence-electron chi connectivity index (χ3n) is 2.17. The van der Waals surface area contributed by atoms with Gasteiger partial charge in [-0.15, -0.1) is 0 Å². The van der Waals surface area contributed by atoms with Crippen LogP contribution < -0.4 is 0 Å². The predicted octanol–water partition coefficient (Wildman–Crippen LogP) is 1.14. The minimum Gasteiger partial charge on any atom is -0.385 e. The van der Waals surface area contributed by atoms with Crippen LogP contribution in [0.25, 0.3) is 0 Å². The van der Waals surface area contributed by atoms with Crippen LogP contribution in [0.15, 0.2) is 30.3 Å². The number of aliphatic hydroxyl groups excluding tert-OH is 1. The van der Waals surface area contributed by atoms with Gasteiger partial charge >= 0.3 is 0 Å². The van der Waals surface area contributed by atoms with E-state index in [-0.39, 0.29) is 12.8 Å². The third kappa shape index (κ3) is 3.29. The van der Waals surface area contributed by atoms with Crippen molar-refractivity contribution in [3.8, 4) is 0 Å². The fraction of sp³-hybridized carbons (Fsp3) is 0.333. The van der Waals surface area contributed by atoms with Gasteiger partial charge in [-0.25, -0.2) is 0 Å². The van der Waals surface area contributed by atoms with E-state index >= 15 is 0 Å². The number of carbonyl (C=O) groups excluding carboxylic acids is 2. The molecule has 1 N–H and O–H groups in total. The Balaban J connectivity index is 2.60. The van der Waals surface area contributed by atoms with Crippen molar-refractivity contribution in [3.05, 3.63) is 35.9 Å². The summed E-state index contributed by atoms with van der Waals surface area (Å²) in [7, 11) is 0. The summed E-state index contributed by atoms with van der Waals surface area (Å²) < 4.78 is 0. The Kier molecular flexibility index (Phi) is 4.18. The molecule has 0 aliphatic carbocycles. The molecule has 1 aromatic carbocycles. The molecule has 0 radical (unpaired) electrons. The Morgan fingerprint density at radius 3 is 2.40 bits per heavy atom. The molecule has 0 spiro atoms. The van der Waals surface area contributed by atoms with Gasteiger partial charge in [-0.3, -0.25) is 9.59 Å². The summed E-state index contributed by atoms with van der Waals surface area (Å²) in [6.07, 6.45) is -0.808. The maximum atomic E-state index is 11.4. The average molecular weight is 206 g/mol. The lowest BCUT2D eigenvalue weighted by atomic mass is 10.0. The van der Waals surface area contributed by atoms with Gasteiger partial charge in [-0.05, 0) is 12.0 Å². The first-order valence-corrected chi connectivity index (χ1v) is 4.94. The van der Waals surface area contributed by atoms with Crippen LogP contribution in [0.5, 0.6) is 0 Å². The molecular weight excluding hydrogens is 192 g/mol. The predicted molar refractivity (Wildman–Crippen MR) is 56.5 cm³/mol. The Bertz CT molecular complexity index is 343. The van der Waals surface area contributed by atoms with Crippen LogP contribution in [-0.2, 0) is 16.0 Å². The molecule has 0 bridgehead atoms. The van der Waals surface area contributed by atoms with Crippen LogP contribution >= 0.6 is 0 Å². The number of rotatable bonds is 5. The van der Waals surface area contributed by atoms with E-state index in [4.69, 9.17) is 0 Å². The van der Waals surface area contributed by atoms with Gasteiger partial charge in [0, 0.05) is 6.42 Å². The normalized spacial score (nSPS) is 12.1. The Morgan fingerprint density at radius 1 is 1.27 bits per heavy atom. The molecule has 0 saturated heterocycles. The molecule has 0 aliphatic rings. The maximum Gasteiger partial charge on any atom is 0.227 e. The summed E-state index contributed by atoms with van der Waals surface area (Å²) in [5.74, 6) is -1.23. The number of carbonyl (C=O) groups is 2. The van der Waals surface area contributed by atoms with Gasteiger partial charge in [0.05, 0.1) is 0 Å². The molecule has 0 aromatic heterocycles. The highest BCUT2D eigenvalue weighted by Gasteiger charge is 2.21. The summed E-state index contributed by atoms with van der Waals surface area (Å²) in [5.41, 5.74) is 0.791. The second-order valence-electron chi connectivity index (χ2n) is 3.37. The highest BCUT2D eigenvalue weighted by molar-refractivity contribution is 6.39. The smallest absolute Gasteiger partial charge is 0.227 e. The van der Waals surface area contributed by atoms with Crippen molar-refractivity contribution >= 4 is 11.6 Å². The fourth-order valence-electron chi connectivity index (χ4n) is 1.24. The molecule has 3 nitrogen and oxygen atoms in total. The van der Waals surface area contributed by atoms with Crippen LogP contribution in [0.4, 0.5) is 0 Å².